The van der Waals surface area contributed by atoms with E-state index in [1.165, 1.54) is 22.7 Å². The lowest BCUT2D eigenvalue weighted by atomic mass is 9.86. The molecule has 146 valence electrons. The van der Waals surface area contributed by atoms with Crippen molar-refractivity contribution < 1.29 is 29.6 Å². The van der Waals surface area contributed by atoms with Crippen LogP contribution in [-0.2, 0) is 35.9 Å². The van der Waals surface area contributed by atoms with Crippen molar-refractivity contribution in [3.05, 3.63) is 69.4 Å². The van der Waals surface area contributed by atoms with E-state index in [1.807, 2.05) is 47.2 Å². The molecule has 3 rings (SSSR count). The minimum atomic E-state index is -1.47. The van der Waals surface area contributed by atoms with Crippen molar-refractivity contribution in [3.8, 4) is 0 Å². The Morgan fingerprint density at radius 1 is 0.607 bits per heavy atom. The van der Waals surface area contributed by atoms with Crippen LogP contribution in [0, 0.1) is 0 Å². The molecule has 0 amide bonds. The summed E-state index contributed by atoms with van der Waals surface area (Å²) in [7, 11) is -2.94. The van der Waals surface area contributed by atoms with E-state index in [0.717, 1.165) is 22.3 Å². The zero-order chi connectivity index (χ0) is 19.9. The first-order valence-corrected chi connectivity index (χ1v) is 10.4. The molecule has 0 saturated carbocycles. The average Bonchev–Trinajstić information content (AvgIpc) is 3.32. The maximum Gasteiger partial charge on any atom is 0.499 e. The van der Waals surface area contributed by atoms with Gasteiger partial charge in [-0.15, -0.1) is 0 Å². The molecule has 2 heterocycles. The van der Waals surface area contributed by atoms with Crippen molar-refractivity contribution >= 4 is 46.5 Å². The lowest BCUT2D eigenvalue weighted by molar-refractivity contribution is 0.106. The Labute approximate surface area is 171 Å². The van der Waals surface area contributed by atoms with Crippen LogP contribution in [0.3, 0.4) is 0 Å². The Bertz CT molecular complexity index is 792. The molecule has 0 fully saturated rings. The van der Waals surface area contributed by atoms with Gasteiger partial charge in [0, 0.05) is 9.55 Å². The van der Waals surface area contributed by atoms with Crippen molar-refractivity contribution in [2.75, 3.05) is 0 Å². The van der Waals surface area contributed by atoms with Crippen LogP contribution < -0.4 is 9.55 Å². The van der Waals surface area contributed by atoms with E-state index in [0.29, 0.717) is 36.0 Å². The van der Waals surface area contributed by atoms with E-state index in [4.69, 9.17) is 9.47 Å². The maximum absolute atomic E-state index is 9.29. The predicted octanol–water partition coefficient (Wildman–Crippen LogP) is 0.603. The monoisotopic (exact) mass is 418 g/mol. The van der Waals surface area contributed by atoms with Crippen molar-refractivity contribution in [1.82, 2.24) is 0 Å². The topological polar surface area (TPSA) is 99.4 Å². The lowest BCUT2D eigenvalue weighted by Gasteiger charge is -2.08. The summed E-state index contributed by atoms with van der Waals surface area (Å²) in [4.78, 5) is 0. The summed E-state index contributed by atoms with van der Waals surface area (Å²) in [5.74, 6) is 0. The third-order valence-corrected chi connectivity index (χ3v) is 6.10. The zero-order valence-electron chi connectivity index (χ0n) is 15.0. The Hall–Kier alpha value is -1.49. The van der Waals surface area contributed by atoms with Crippen LogP contribution in [0.5, 0.6) is 0 Å². The van der Waals surface area contributed by atoms with E-state index in [9.17, 15) is 20.1 Å². The second-order valence-electron chi connectivity index (χ2n) is 6.17. The molecule has 0 atom stereocenters. The number of hydrogen-bond donors (Lipinski definition) is 4. The van der Waals surface area contributed by atoms with Gasteiger partial charge in [0.2, 0.25) is 0 Å². The van der Waals surface area contributed by atoms with Crippen LogP contribution >= 0.6 is 22.7 Å². The van der Waals surface area contributed by atoms with Crippen LogP contribution in [0.2, 0.25) is 0 Å². The summed E-state index contributed by atoms with van der Waals surface area (Å²) < 4.78 is 12.4. The fourth-order valence-corrected chi connectivity index (χ4v) is 4.23. The first-order chi connectivity index (χ1) is 13.5. The predicted molar refractivity (Wildman–Crippen MR) is 112 cm³/mol. The molecule has 3 aromatic rings. The maximum atomic E-state index is 9.29. The van der Waals surface area contributed by atoms with Gasteiger partial charge in [0.05, 0.1) is 26.4 Å². The molecular weight excluding hydrogens is 398 g/mol. The highest BCUT2D eigenvalue weighted by molar-refractivity contribution is 7.21. The smallest absolute Gasteiger partial charge is 0.423 e. The van der Waals surface area contributed by atoms with Crippen LogP contribution in [0.1, 0.15) is 22.3 Å². The quantitative estimate of drug-likeness (QED) is 0.360. The minimum Gasteiger partial charge on any atom is -0.423 e. The molecule has 0 aliphatic carbocycles. The van der Waals surface area contributed by atoms with Crippen LogP contribution in [-0.4, -0.2) is 34.3 Å². The largest absolute Gasteiger partial charge is 0.499 e. The highest BCUT2D eigenvalue weighted by atomic mass is 32.1. The van der Waals surface area contributed by atoms with Crippen LogP contribution in [0.4, 0.5) is 0 Å². The fraction of sp³-hybridized carbons (Fsp3) is 0.222. The van der Waals surface area contributed by atoms with E-state index >= 15 is 0 Å². The summed E-state index contributed by atoms with van der Waals surface area (Å²) in [6.45, 7) is 1.48. The van der Waals surface area contributed by atoms with E-state index < -0.39 is 14.2 Å². The second-order valence-corrected chi connectivity index (χ2v) is 8.07. The number of benzene rings is 1. The van der Waals surface area contributed by atoms with Crippen LogP contribution in [0.15, 0.2) is 47.2 Å². The first kappa shape index (κ1) is 21.2. The molecule has 0 unspecified atom stereocenters. The summed E-state index contributed by atoms with van der Waals surface area (Å²) in [5.41, 5.74) is 3.58. The summed E-state index contributed by atoms with van der Waals surface area (Å²) in [6.07, 6.45) is 0. The molecule has 0 aliphatic heterocycles. The standard InChI is InChI=1S/C18H20B2O6S2/c21-19(22)17-15(5-7-27-17)11-25-9-13-1-2-14(4-3-13)10-26-12-16-6-8-28-18(16)20(23)24/h1-8,21-24H,9-12H2. The zero-order valence-corrected chi connectivity index (χ0v) is 16.7. The van der Waals surface area contributed by atoms with E-state index in [1.54, 1.807) is 0 Å². The van der Waals surface area contributed by atoms with E-state index in [2.05, 4.69) is 0 Å². The van der Waals surface area contributed by atoms with Crippen molar-refractivity contribution in [2.45, 2.75) is 26.4 Å². The molecule has 28 heavy (non-hydrogen) atoms. The molecular formula is C18H20B2O6S2. The second kappa shape index (κ2) is 10.3. The summed E-state index contributed by atoms with van der Waals surface area (Å²) >= 11 is 2.59. The molecule has 0 spiro atoms. The minimum absolute atomic E-state index is 0.320. The molecule has 0 bridgehead atoms. The third kappa shape index (κ3) is 5.76. The van der Waals surface area contributed by atoms with Gasteiger partial charge in [-0.2, -0.15) is 22.7 Å². The number of thiophene rings is 2. The highest BCUT2D eigenvalue weighted by Crippen LogP contribution is 2.12. The molecule has 4 N–H and O–H groups in total. The van der Waals surface area contributed by atoms with Gasteiger partial charge in [0.25, 0.3) is 0 Å². The van der Waals surface area contributed by atoms with Gasteiger partial charge in [-0.25, -0.2) is 0 Å². The Morgan fingerprint density at radius 3 is 1.36 bits per heavy atom. The molecule has 0 radical (unpaired) electrons. The Morgan fingerprint density at radius 2 is 1.00 bits per heavy atom. The molecule has 6 nitrogen and oxygen atoms in total. The van der Waals surface area contributed by atoms with Crippen molar-refractivity contribution in [1.29, 1.82) is 0 Å². The molecule has 0 aliphatic rings. The molecule has 0 saturated heterocycles. The van der Waals surface area contributed by atoms with Gasteiger partial charge < -0.3 is 29.6 Å². The third-order valence-electron chi connectivity index (χ3n) is 4.11. The lowest BCUT2D eigenvalue weighted by Crippen LogP contribution is -2.30. The molecule has 1 aromatic carbocycles. The normalized spacial score (nSPS) is 11.0. The average molecular weight is 418 g/mol. The van der Waals surface area contributed by atoms with E-state index in [-0.39, 0.29) is 0 Å². The van der Waals surface area contributed by atoms with Crippen LogP contribution in [0.25, 0.3) is 0 Å². The van der Waals surface area contributed by atoms with Gasteiger partial charge >= 0.3 is 14.2 Å². The number of hydrogen-bond acceptors (Lipinski definition) is 8. The Balaban J connectivity index is 1.43. The van der Waals surface area contributed by atoms with Gasteiger partial charge in [-0.3, -0.25) is 0 Å². The fourth-order valence-electron chi connectivity index (χ4n) is 2.68. The van der Waals surface area contributed by atoms with Gasteiger partial charge in [0.1, 0.15) is 0 Å². The Kier molecular flexibility index (Phi) is 7.83. The highest BCUT2D eigenvalue weighted by Gasteiger charge is 2.18. The SMILES string of the molecule is OB(O)c1sccc1COCc1ccc(COCc2ccsc2B(O)O)cc1. The van der Waals surface area contributed by atoms with Crippen molar-refractivity contribution in [2.24, 2.45) is 0 Å². The summed E-state index contributed by atoms with van der Waals surface area (Å²) in [5, 5.41) is 40.8. The number of ether oxygens (including phenoxy) is 2. The van der Waals surface area contributed by atoms with Gasteiger partial charge in [-0.1, -0.05) is 24.3 Å². The summed E-state index contributed by atoms with van der Waals surface area (Å²) in [6, 6.07) is 11.5. The number of rotatable bonds is 10. The molecule has 2 aromatic heterocycles. The molecule has 10 heteroatoms. The van der Waals surface area contributed by atoms with Gasteiger partial charge in [-0.05, 0) is 45.1 Å². The van der Waals surface area contributed by atoms with Gasteiger partial charge in [0.15, 0.2) is 0 Å². The van der Waals surface area contributed by atoms with Crippen molar-refractivity contribution in [3.63, 3.8) is 0 Å². The first-order valence-electron chi connectivity index (χ1n) is 8.62.